The second-order valence-electron chi connectivity index (χ2n) is 19.3. The molecule has 0 heterocycles. The Morgan fingerprint density at radius 3 is 1.27 bits per heavy atom. The van der Waals surface area contributed by atoms with E-state index in [2.05, 4.69) is 269 Å². The first-order chi connectivity index (χ1) is 32.8. The molecule has 0 aromatic heterocycles. The van der Waals surface area contributed by atoms with Crippen LogP contribution in [0.4, 0.5) is 17.1 Å². The summed E-state index contributed by atoms with van der Waals surface area (Å²) >= 11 is 0. The molecule has 320 valence electrons. The number of hydrogen-bond acceptors (Lipinski definition) is 1. The monoisotopic (exact) mass is 857 g/mol. The second kappa shape index (κ2) is 15.9. The average Bonchev–Trinajstić information content (AvgIpc) is 3.76. The minimum atomic E-state index is -0.171. The van der Waals surface area contributed by atoms with Gasteiger partial charge in [0.25, 0.3) is 0 Å². The third-order valence-electron chi connectivity index (χ3n) is 14.7. The number of benzene rings is 10. The third-order valence-corrected chi connectivity index (χ3v) is 14.7. The van der Waals surface area contributed by atoms with Crippen LogP contribution >= 0.6 is 0 Å². The van der Waals surface area contributed by atoms with E-state index in [1.165, 1.54) is 100 Å². The van der Waals surface area contributed by atoms with Gasteiger partial charge in [-0.2, -0.15) is 0 Å². The number of fused-ring (bicyclic) bond motifs is 6. The zero-order valence-electron chi connectivity index (χ0n) is 38.5. The van der Waals surface area contributed by atoms with Crippen LogP contribution in [0.25, 0.3) is 77.9 Å². The first kappa shape index (κ1) is 40.5. The molecule has 2 aliphatic rings. The smallest absolute Gasteiger partial charge is 0.0540 e. The molecule has 10 aromatic carbocycles. The molecule has 0 radical (unpaired) electrons. The van der Waals surface area contributed by atoms with Crippen LogP contribution in [-0.4, -0.2) is 0 Å². The summed E-state index contributed by atoms with van der Waals surface area (Å²) in [7, 11) is 0. The van der Waals surface area contributed by atoms with E-state index in [0.29, 0.717) is 0 Å². The van der Waals surface area contributed by atoms with Gasteiger partial charge >= 0.3 is 0 Å². The summed E-state index contributed by atoms with van der Waals surface area (Å²) in [6, 6.07) is 87.5. The van der Waals surface area contributed by atoms with Crippen LogP contribution in [0.1, 0.15) is 49.9 Å². The van der Waals surface area contributed by atoms with E-state index in [9.17, 15) is 0 Å². The Kier molecular flexibility index (Phi) is 9.59. The van der Waals surface area contributed by atoms with Gasteiger partial charge in [-0.15, -0.1) is 0 Å². The Labute approximate surface area is 395 Å². The highest BCUT2D eigenvalue weighted by Crippen LogP contribution is 2.55. The Hall–Kier alpha value is -8.00. The summed E-state index contributed by atoms with van der Waals surface area (Å²) in [6.45, 7) is 9.48. The molecule has 0 unspecified atom stereocenters. The van der Waals surface area contributed by atoms with Crippen molar-refractivity contribution in [3.63, 3.8) is 0 Å². The number of nitrogens with zero attached hydrogens (tertiary/aromatic N) is 1. The van der Waals surface area contributed by atoms with Crippen LogP contribution in [0.3, 0.4) is 0 Å². The minimum Gasteiger partial charge on any atom is -0.309 e. The number of para-hydroxylation sites is 2. The van der Waals surface area contributed by atoms with E-state index in [4.69, 9.17) is 0 Å². The SMILES string of the molecule is CC1(C)c2ccccc2-c2ccc(-c3ccc(N(c4ccccc4-c4ccc(-c5ccc(-c6ccccc6)cc5)cc4)c4ccccc4-c4cccc5c4C(C)(C)c4ccccc4-5)cc3)cc21. The highest BCUT2D eigenvalue weighted by Gasteiger charge is 2.38. The van der Waals surface area contributed by atoms with Gasteiger partial charge < -0.3 is 4.90 Å². The highest BCUT2D eigenvalue weighted by molar-refractivity contribution is 5.97. The maximum Gasteiger partial charge on any atom is 0.0540 e. The second-order valence-corrected chi connectivity index (χ2v) is 19.3. The minimum absolute atomic E-state index is 0.0646. The summed E-state index contributed by atoms with van der Waals surface area (Å²) in [5, 5.41) is 0. The van der Waals surface area contributed by atoms with Crippen molar-refractivity contribution in [1.29, 1.82) is 0 Å². The maximum atomic E-state index is 2.49. The van der Waals surface area contributed by atoms with Gasteiger partial charge in [0.05, 0.1) is 11.4 Å². The first-order valence-corrected chi connectivity index (χ1v) is 23.6. The van der Waals surface area contributed by atoms with Gasteiger partial charge in [0, 0.05) is 27.6 Å². The Morgan fingerprint density at radius 1 is 0.254 bits per heavy atom. The largest absolute Gasteiger partial charge is 0.309 e. The molecule has 0 fully saturated rings. The van der Waals surface area contributed by atoms with Crippen molar-refractivity contribution in [3.8, 4) is 77.9 Å². The van der Waals surface area contributed by atoms with Crippen LogP contribution in [0.15, 0.2) is 237 Å². The van der Waals surface area contributed by atoms with Gasteiger partial charge in [0.1, 0.15) is 0 Å². The van der Waals surface area contributed by atoms with E-state index < -0.39 is 0 Å². The van der Waals surface area contributed by atoms with Crippen LogP contribution in [0.5, 0.6) is 0 Å². The molecule has 0 N–H and O–H groups in total. The molecule has 0 saturated carbocycles. The van der Waals surface area contributed by atoms with E-state index >= 15 is 0 Å². The predicted octanol–water partition coefficient (Wildman–Crippen LogP) is 18.1. The Morgan fingerprint density at radius 2 is 0.642 bits per heavy atom. The van der Waals surface area contributed by atoms with E-state index in [-0.39, 0.29) is 10.8 Å². The van der Waals surface area contributed by atoms with Gasteiger partial charge in [0.2, 0.25) is 0 Å². The molecule has 67 heavy (non-hydrogen) atoms. The Balaban J connectivity index is 0.978. The number of anilines is 3. The summed E-state index contributed by atoms with van der Waals surface area (Å²) in [6.07, 6.45) is 0. The number of hydrogen-bond donors (Lipinski definition) is 0. The molecule has 1 heteroatoms. The molecule has 0 saturated heterocycles. The lowest BCUT2D eigenvalue weighted by Crippen LogP contribution is -2.17. The van der Waals surface area contributed by atoms with Crippen molar-refractivity contribution in [3.05, 3.63) is 259 Å². The van der Waals surface area contributed by atoms with E-state index in [0.717, 1.165) is 17.1 Å². The molecule has 2 aliphatic carbocycles. The molecule has 12 rings (SSSR count). The fourth-order valence-corrected chi connectivity index (χ4v) is 11.3. The summed E-state index contributed by atoms with van der Waals surface area (Å²) in [4.78, 5) is 2.49. The van der Waals surface area contributed by atoms with Crippen molar-refractivity contribution < 1.29 is 0 Å². The fourth-order valence-electron chi connectivity index (χ4n) is 11.3. The molecular formula is C66H51N. The van der Waals surface area contributed by atoms with Crippen LogP contribution < -0.4 is 4.90 Å². The van der Waals surface area contributed by atoms with Crippen LogP contribution in [0, 0.1) is 0 Å². The normalized spacial score (nSPS) is 13.6. The highest BCUT2D eigenvalue weighted by atomic mass is 15.1. The van der Waals surface area contributed by atoms with Gasteiger partial charge in [-0.3, -0.25) is 0 Å². The van der Waals surface area contributed by atoms with Gasteiger partial charge in [-0.1, -0.05) is 234 Å². The molecule has 0 aliphatic heterocycles. The van der Waals surface area contributed by atoms with Crippen molar-refractivity contribution in [2.75, 3.05) is 4.90 Å². The topological polar surface area (TPSA) is 3.24 Å². The molecule has 0 atom stereocenters. The van der Waals surface area contributed by atoms with Crippen LogP contribution in [-0.2, 0) is 10.8 Å². The molecular weight excluding hydrogens is 807 g/mol. The summed E-state index contributed by atoms with van der Waals surface area (Å²) in [5.74, 6) is 0. The van der Waals surface area contributed by atoms with E-state index in [1.54, 1.807) is 0 Å². The summed E-state index contributed by atoms with van der Waals surface area (Å²) in [5.41, 5.74) is 26.1. The predicted molar refractivity (Wildman–Crippen MR) is 283 cm³/mol. The maximum absolute atomic E-state index is 2.49. The first-order valence-electron chi connectivity index (χ1n) is 23.6. The van der Waals surface area contributed by atoms with Gasteiger partial charge in [-0.25, -0.2) is 0 Å². The van der Waals surface area contributed by atoms with Crippen molar-refractivity contribution >= 4 is 17.1 Å². The van der Waals surface area contributed by atoms with Crippen molar-refractivity contribution in [2.45, 2.75) is 38.5 Å². The van der Waals surface area contributed by atoms with Gasteiger partial charge in [0.15, 0.2) is 0 Å². The lowest BCUT2D eigenvalue weighted by atomic mass is 9.78. The zero-order valence-corrected chi connectivity index (χ0v) is 38.5. The standard InChI is InChI=1S/C66H51N/c1-65(2)59-25-12-8-20-53(59)55-42-39-50(43-61(55)65)48-37-40-51(41-38-48)67(63-28-15-11-22-56(63)58-24-16-23-57-54-21-9-13-26-60(54)66(3,4)64(57)58)62-27-14-10-19-52(62)49-35-33-47(34-36-49)46-31-29-45(30-32-46)44-17-6-5-7-18-44/h5-43H,1-4H3. The molecule has 10 aromatic rings. The molecule has 0 bridgehead atoms. The fraction of sp³-hybridized carbons (Fsp3) is 0.0909. The Bertz CT molecular complexity index is 3480. The van der Waals surface area contributed by atoms with Crippen LogP contribution in [0.2, 0.25) is 0 Å². The quantitative estimate of drug-likeness (QED) is 0.147. The lowest BCUT2D eigenvalue weighted by Gasteiger charge is -2.31. The molecule has 0 amide bonds. The van der Waals surface area contributed by atoms with Crippen molar-refractivity contribution in [2.24, 2.45) is 0 Å². The van der Waals surface area contributed by atoms with Gasteiger partial charge in [-0.05, 0) is 119 Å². The van der Waals surface area contributed by atoms with Crippen molar-refractivity contribution in [1.82, 2.24) is 0 Å². The molecule has 1 nitrogen and oxygen atoms in total. The lowest BCUT2D eigenvalue weighted by molar-refractivity contribution is 0.660. The molecule has 0 spiro atoms. The zero-order chi connectivity index (χ0) is 45.3. The number of rotatable bonds is 8. The van der Waals surface area contributed by atoms with E-state index in [1.807, 2.05) is 0 Å². The third kappa shape index (κ3) is 6.68. The summed E-state index contributed by atoms with van der Waals surface area (Å²) < 4.78 is 0. The average molecular weight is 858 g/mol.